The van der Waals surface area contributed by atoms with Gasteiger partial charge in [0.05, 0.1) is 4.90 Å². The smallest absolute Gasteiger partial charge is 0.263 e. The molecular formula is C19H22N2O5S2. The minimum Gasteiger partial charge on any atom is -0.508 e. The van der Waals surface area contributed by atoms with E-state index in [1.807, 2.05) is 0 Å². The second-order valence-electron chi connectivity index (χ2n) is 7.02. The van der Waals surface area contributed by atoms with Crippen molar-refractivity contribution in [3.05, 3.63) is 48.5 Å². The number of aromatic hydroxyl groups is 1. The average Bonchev–Trinajstić information content (AvgIpc) is 2.67. The van der Waals surface area contributed by atoms with Crippen LogP contribution >= 0.6 is 11.8 Å². The molecule has 0 bridgehead atoms. The summed E-state index contributed by atoms with van der Waals surface area (Å²) in [5, 5.41) is 18.5. The molecule has 2 aromatic carbocycles. The summed E-state index contributed by atoms with van der Waals surface area (Å²) in [7, 11) is -3.93. The summed E-state index contributed by atoms with van der Waals surface area (Å²) in [5.74, 6) is -0.0456. The van der Waals surface area contributed by atoms with Crippen molar-refractivity contribution in [2.45, 2.75) is 29.5 Å². The molecule has 1 fully saturated rings. The van der Waals surface area contributed by atoms with E-state index in [1.54, 1.807) is 55.7 Å². The fourth-order valence-electron chi connectivity index (χ4n) is 3.33. The van der Waals surface area contributed by atoms with E-state index >= 15 is 0 Å². The minimum absolute atomic E-state index is 0.0773. The van der Waals surface area contributed by atoms with Gasteiger partial charge < -0.3 is 5.11 Å². The summed E-state index contributed by atoms with van der Waals surface area (Å²) >= 11 is 1.49. The molecule has 1 aliphatic heterocycles. The van der Waals surface area contributed by atoms with Crippen molar-refractivity contribution in [3.63, 3.8) is 0 Å². The maximum atomic E-state index is 13.2. The van der Waals surface area contributed by atoms with Crippen LogP contribution in [0.4, 0.5) is 0 Å². The fourth-order valence-corrected chi connectivity index (χ4v) is 6.44. The quantitative estimate of drug-likeness (QED) is 0.516. The van der Waals surface area contributed by atoms with Crippen molar-refractivity contribution in [2.24, 2.45) is 0 Å². The second kappa shape index (κ2) is 7.75. The molecule has 1 heterocycles. The zero-order valence-electron chi connectivity index (χ0n) is 15.5. The average molecular weight is 423 g/mol. The molecule has 0 unspecified atom stereocenters. The number of thioether (sulfide) groups is 1. The first kappa shape index (κ1) is 20.7. The van der Waals surface area contributed by atoms with Gasteiger partial charge in [0.2, 0.25) is 10.0 Å². The van der Waals surface area contributed by atoms with Gasteiger partial charge in [0.15, 0.2) is 0 Å². The van der Waals surface area contributed by atoms with E-state index in [-0.39, 0.29) is 17.2 Å². The van der Waals surface area contributed by atoms with Crippen LogP contribution in [0.5, 0.6) is 5.75 Å². The highest BCUT2D eigenvalue weighted by Crippen LogP contribution is 2.38. The normalized spacial score (nSPS) is 19.9. The molecule has 1 atom stereocenters. The molecule has 150 valence electrons. The zero-order valence-corrected chi connectivity index (χ0v) is 17.1. The molecule has 9 heteroatoms. The van der Waals surface area contributed by atoms with Crippen molar-refractivity contribution in [3.8, 4) is 16.9 Å². The van der Waals surface area contributed by atoms with Gasteiger partial charge >= 0.3 is 0 Å². The Hall–Kier alpha value is -2.07. The Morgan fingerprint density at radius 2 is 1.64 bits per heavy atom. The van der Waals surface area contributed by atoms with Crippen LogP contribution in [0.25, 0.3) is 11.1 Å². The molecule has 0 aromatic heterocycles. The topological polar surface area (TPSA) is 107 Å². The highest BCUT2D eigenvalue weighted by Gasteiger charge is 2.48. The Morgan fingerprint density at radius 1 is 1.11 bits per heavy atom. The van der Waals surface area contributed by atoms with Crippen molar-refractivity contribution in [1.29, 1.82) is 0 Å². The SMILES string of the molecule is CC1(C)SCCN(S(=O)(=O)c2ccc(-c3ccc(O)cc3)cc2)[C@H]1C(=O)NO. The van der Waals surface area contributed by atoms with Gasteiger partial charge in [-0.15, -0.1) is 0 Å². The number of hydrogen-bond donors (Lipinski definition) is 3. The molecular weight excluding hydrogens is 400 g/mol. The third-order valence-corrected chi connectivity index (χ3v) is 7.99. The van der Waals surface area contributed by atoms with Crippen LogP contribution in [0.1, 0.15) is 13.8 Å². The Morgan fingerprint density at radius 3 is 2.18 bits per heavy atom. The molecule has 0 saturated carbocycles. The maximum Gasteiger partial charge on any atom is 0.263 e. The van der Waals surface area contributed by atoms with E-state index < -0.39 is 26.7 Å². The van der Waals surface area contributed by atoms with Gasteiger partial charge in [-0.2, -0.15) is 16.1 Å². The standard InChI is InChI=1S/C19H22N2O5S2/c1-19(2)17(18(23)20-24)21(11-12-27-19)28(25,26)16-9-5-14(6-10-16)13-3-7-15(22)8-4-13/h3-10,17,22,24H,11-12H2,1-2H3,(H,20,23)/t17-/m0/s1. The van der Waals surface area contributed by atoms with Crippen LogP contribution in [0, 0.1) is 0 Å². The molecule has 0 radical (unpaired) electrons. The first-order chi connectivity index (χ1) is 13.2. The Labute approximate surface area is 168 Å². The van der Waals surface area contributed by atoms with Gasteiger partial charge in [-0.1, -0.05) is 24.3 Å². The van der Waals surface area contributed by atoms with Crippen LogP contribution in [-0.2, 0) is 14.8 Å². The molecule has 2 aromatic rings. The molecule has 1 aliphatic rings. The van der Waals surface area contributed by atoms with E-state index in [0.29, 0.717) is 5.75 Å². The lowest BCUT2D eigenvalue weighted by Crippen LogP contribution is -2.61. The molecule has 28 heavy (non-hydrogen) atoms. The van der Waals surface area contributed by atoms with E-state index in [2.05, 4.69) is 0 Å². The summed E-state index contributed by atoms with van der Waals surface area (Å²) < 4.78 is 26.9. The van der Waals surface area contributed by atoms with Crippen LogP contribution in [0.2, 0.25) is 0 Å². The van der Waals surface area contributed by atoms with E-state index in [4.69, 9.17) is 5.21 Å². The summed E-state index contributed by atoms with van der Waals surface area (Å²) in [4.78, 5) is 12.3. The Bertz CT molecular complexity index is 957. The molecule has 3 N–H and O–H groups in total. The zero-order chi connectivity index (χ0) is 20.5. The van der Waals surface area contributed by atoms with Crippen molar-refractivity contribution >= 4 is 27.7 Å². The first-order valence-electron chi connectivity index (χ1n) is 8.66. The maximum absolute atomic E-state index is 13.2. The number of rotatable bonds is 4. The van der Waals surface area contributed by atoms with Gasteiger partial charge in [0, 0.05) is 17.0 Å². The number of hydroxylamine groups is 1. The predicted molar refractivity (Wildman–Crippen MR) is 108 cm³/mol. The van der Waals surface area contributed by atoms with E-state index in [0.717, 1.165) is 15.4 Å². The van der Waals surface area contributed by atoms with Gasteiger partial charge in [0.25, 0.3) is 5.91 Å². The van der Waals surface area contributed by atoms with Crippen LogP contribution < -0.4 is 5.48 Å². The summed E-state index contributed by atoms with van der Waals surface area (Å²) in [5.41, 5.74) is 3.25. The number of sulfonamides is 1. The predicted octanol–water partition coefficient (Wildman–Crippen LogP) is 2.45. The van der Waals surface area contributed by atoms with Gasteiger partial charge in [0.1, 0.15) is 11.8 Å². The number of phenols is 1. The third-order valence-electron chi connectivity index (χ3n) is 4.75. The van der Waals surface area contributed by atoms with Gasteiger partial charge in [-0.25, -0.2) is 13.9 Å². The minimum atomic E-state index is -3.93. The van der Waals surface area contributed by atoms with Gasteiger partial charge in [-0.3, -0.25) is 10.0 Å². The van der Waals surface area contributed by atoms with Crippen molar-refractivity contribution in [1.82, 2.24) is 9.79 Å². The molecule has 7 nitrogen and oxygen atoms in total. The molecule has 0 spiro atoms. The molecule has 1 amide bonds. The molecule has 0 aliphatic carbocycles. The number of amides is 1. The molecule has 1 saturated heterocycles. The second-order valence-corrected chi connectivity index (χ2v) is 10.7. The van der Waals surface area contributed by atoms with E-state index in [1.165, 1.54) is 23.9 Å². The lowest BCUT2D eigenvalue weighted by molar-refractivity contribution is -0.134. The summed E-state index contributed by atoms with van der Waals surface area (Å²) in [6, 6.07) is 11.9. The van der Waals surface area contributed by atoms with E-state index in [9.17, 15) is 18.3 Å². The first-order valence-corrected chi connectivity index (χ1v) is 11.1. The number of carbonyl (C=O) groups excluding carboxylic acids is 1. The van der Waals surface area contributed by atoms with Crippen LogP contribution in [-0.4, -0.2) is 52.0 Å². The van der Waals surface area contributed by atoms with Gasteiger partial charge in [-0.05, 0) is 49.2 Å². The Kier molecular flexibility index (Phi) is 5.72. The summed E-state index contributed by atoms with van der Waals surface area (Å²) in [6.45, 7) is 3.74. The Balaban J connectivity index is 1.95. The number of nitrogens with one attached hydrogen (secondary N) is 1. The molecule has 3 rings (SSSR count). The van der Waals surface area contributed by atoms with Crippen molar-refractivity contribution < 1.29 is 23.5 Å². The lowest BCUT2D eigenvalue weighted by atomic mass is 10.0. The van der Waals surface area contributed by atoms with Crippen molar-refractivity contribution in [2.75, 3.05) is 12.3 Å². The number of hydrogen-bond acceptors (Lipinski definition) is 6. The lowest BCUT2D eigenvalue weighted by Gasteiger charge is -2.43. The number of carbonyl (C=O) groups is 1. The fraction of sp³-hybridized carbons (Fsp3) is 0.316. The monoisotopic (exact) mass is 422 g/mol. The highest BCUT2D eigenvalue weighted by molar-refractivity contribution is 8.00. The van der Waals surface area contributed by atoms with Crippen LogP contribution in [0.15, 0.2) is 53.4 Å². The highest BCUT2D eigenvalue weighted by atomic mass is 32.2. The third kappa shape index (κ3) is 3.88. The van der Waals surface area contributed by atoms with Crippen LogP contribution in [0.3, 0.4) is 0 Å². The summed E-state index contributed by atoms with van der Waals surface area (Å²) in [6.07, 6.45) is 0. The number of phenolic OH excluding ortho intramolecular Hbond substituents is 1. The number of nitrogens with zero attached hydrogens (tertiary/aromatic N) is 1. The number of benzene rings is 2. The largest absolute Gasteiger partial charge is 0.508 e.